The summed E-state index contributed by atoms with van der Waals surface area (Å²) in [5.41, 5.74) is 7.13. The maximum absolute atomic E-state index is 13.1. The molecule has 1 atom stereocenters. The van der Waals surface area contributed by atoms with E-state index in [9.17, 15) is 40.6 Å². The molecule has 31 heavy (non-hydrogen) atoms. The van der Waals surface area contributed by atoms with Crippen LogP contribution in [0, 0.1) is 0 Å². The third-order valence-electron chi connectivity index (χ3n) is 4.02. The third-order valence-corrected chi connectivity index (χ3v) is 4.02. The molecule has 0 aliphatic heterocycles. The van der Waals surface area contributed by atoms with E-state index in [0.717, 1.165) is 23.1 Å². The van der Waals surface area contributed by atoms with E-state index in [2.05, 4.69) is 4.74 Å². The molecule has 0 aliphatic rings. The zero-order chi connectivity index (χ0) is 23.4. The minimum absolute atomic E-state index is 0.0330. The lowest BCUT2D eigenvalue weighted by molar-refractivity contribution is -0.253. The zero-order valence-electron chi connectivity index (χ0n) is 15.5. The number of ether oxygens (including phenoxy) is 1. The van der Waals surface area contributed by atoms with E-state index in [4.69, 9.17) is 5.73 Å². The van der Waals surface area contributed by atoms with Gasteiger partial charge in [-0.15, -0.1) is 0 Å². The molecule has 12 heteroatoms. The van der Waals surface area contributed by atoms with Gasteiger partial charge in [0.25, 0.3) is 5.91 Å². The largest absolute Gasteiger partial charge is 0.461 e. The first-order chi connectivity index (χ1) is 14.3. The number of halogens is 7. The van der Waals surface area contributed by atoms with E-state index < -0.39 is 43.0 Å². The number of carbonyl (C=O) groups is 1. The number of amides is 1. The molecule has 0 bridgehead atoms. The summed E-state index contributed by atoms with van der Waals surface area (Å²) in [5, 5.41) is 9.46. The first kappa shape index (κ1) is 24.3. The van der Waals surface area contributed by atoms with E-state index in [1.165, 1.54) is 30.3 Å². The number of alkyl halides is 7. The summed E-state index contributed by atoms with van der Waals surface area (Å²) in [4.78, 5) is 12.3. The molecular formula is C19H16F7N2O3. The Kier molecular flexibility index (Phi) is 7.37. The molecule has 5 nitrogen and oxygen atoms in total. The summed E-state index contributed by atoms with van der Waals surface area (Å²) in [7, 11) is 0. The molecule has 2 rings (SSSR count). The maximum atomic E-state index is 13.1. The van der Waals surface area contributed by atoms with Crippen LogP contribution in [0.2, 0.25) is 0 Å². The Balaban J connectivity index is 2.34. The van der Waals surface area contributed by atoms with Gasteiger partial charge in [0.15, 0.2) is 6.10 Å². The van der Waals surface area contributed by atoms with Gasteiger partial charge in [-0.05, 0) is 35.9 Å². The fourth-order valence-corrected chi connectivity index (χ4v) is 2.55. The quantitative estimate of drug-likeness (QED) is 0.576. The Bertz CT molecular complexity index is 906. The van der Waals surface area contributed by atoms with Crippen molar-refractivity contribution in [3.63, 3.8) is 0 Å². The van der Waals surface area contributed by atoms with Gasteiger partial charge in [-0.2, -0.15) is 30.7 Å². The lowest BCUT2D eigenvalue weighted by Crippen LogP contribution is -2.41. The van der Waals surface area contributed by atoms with E-state index in [-0.39, 0.29) is 23.4 Å². The SMILES string of the molecule is [NH]C(=O)c1cccc(N(Cc2cccc(OC(F)(F)C(F)F)c2)CC(O)C(F)(F)F)c1. The van der Waals surface area contributed by atoms with Crippen molar-refractivity contribution >= 4 is 11.6 Å². The fourth-order valence-electron chi connectivity index (χ4n) is 2.55. The van der Waals surface area contributed by atoms with Gasteiger partial charge in [0.1, 0.15) is 5.75 Å². The van der Waals surface area contributed by atoms with Crippen molar-refractivity contribution in [1.82, 2.24) is 5.73 Å². The molecule has 169 valence electrons. The van der Waals surface area contributed by atoms with Gasteiger partial charge >= 0.3 is 18.7 Å². The van der Waals surface area contributed by atoms with Crippen molar-refractivity contribution in [3.8, 4) is 5.75 Å². The minimum Gasteiger partial charge on any atom is -0.428 e. The number of nitrogens with zero attached hydrogens (tertiary/aromatic N) is 1. The number of carbonyl (C=O) groups excluding carboxylic acids is 1. The van der Waals surface area contributed by atoms with Gasteiger partial charge < -0.3 is 14.7 Å². The lowest BCUT2D eigenvalue weighted by atomic mass is 10.1. The summed E-state index contributed by atoms with van der Waals surface area (Å²) in [6.45, 7) is -1.38. The molecule has 0 fully saturated rings. The summed E-state index contributed by atoms with van der Waals surface area (Å²) < 4.78 is 93.5. The number of anilines is 1. The van der Waals surface area contributed by atoms with Gasteiger partial charge in [0.2, 0.25) is 0 Å². The predicted octanol–water partition coefficient (Wildman–Crippen LogP) is 4.28. The van der Waals surface area contributed by atoms with E-state index >= 15 is 0 Å². The molecule has 1 amide bonds. The molecule has 0 spiro atoms. The molecule has 1 unspecified atom stereocenters. The highest BCUT2D eigenvalue weighted by Gasteiger charge is 2.44. The van der Waals surface area contributed by atoms with Crippen LogP contribution in [0.1, 0.15) is 15.9 Å². The number of hydrogen-bond donors (Lipinski definition) is 1. The number of benzene rings is 2. The predicted molar refractivity (Wildman–Crippen MR) is 95.0 cm³/mol. The van der Waals surface area contributed by atoms with Crippen molar-refractivity contribution in [2.75, 3.05) is 11.4 Å². The summed E-state index contributed by atoms with van der Waals surface area (Å²) in [6, 6.07) is 9.42. The van der Waals surface area contributed by atoms with Gasteiger partial charge in [-0.25, -0.2) is 0 Å². The first-order valence-electron chi connectivity index (χ1n) is 8.59. The molecule has 2 aromatic rings. The van der Waals surface area contributed by atoms with Crippen LogP contribution in [0.3, 0.4) is 0 Å². The second-order valence-electron chi connectivity index (χ2n) is 6.43. The summed E-state index contributed by atoms with van der Waals surface area (Å²) in [6.07, 6.45) is -16.6. The normalized spacial score (nSPS) is 13.2. The number of hydrogen-bond acceptors (Lipinski definition) is 4. The smallest absolute Gasteiger partial charge is 0.428 e. The number of aliphatic hydroxyl groups is 1. The molecule has 0 aromatic heterocycles. The van der Waals surface area contributed by atoms with Crippen molar-refractivity contribution in [3.05, 3.63) is 59.7 Å². The van der Waals surface area contributed by atoms with Gasteiger partial charge in [-0.1, -0.05) is 18.2 Å². The van der Waals surface area contributed by atoms with Crippen LogP contribution in [-0.2, 0) is 6.54 Å². The lowest BCUT2D eigenvalue weighted by Gasteiger charge is -2.29. The molecule has 0 heterocycles. The van der Waals surface area contributed by atoms with Crippen LogP contribution < -0.4 is 15.4 Å². The number of rotatable bonds is 9. The number of nitrogens with one attached hydrogen (secondary N) is 1. The highest BCUT2D eigenvalue weighted by molar-refractivity contribution is 5.93. The highest BCUT2D eigenvalue weighted by atomic mass is 19.4. The Morgan fingerprint density at radius 2 is 1.71 bits per heavy atom. The Hall–Kier alpha value is -3.02. The van der Waals surface area contributed by atoms with Crippen molar-refractivity contribution in [2.24, 2.45) is 0 Å². The van der Waals surface area contributed by atoms with Crippen LogP contribution in [0.15, 0.2) is 48.5 Å². The minimum atomic E-state index is -4.97. The van der Waals surface area contributed by atoms with Crippen molar-refractivity contribution in [2.45, 2.75) is 31.4 Å². The maximum Gasteiger partial charge on any atom is 0.461 e. The standard InChI is InChI=1S/C19H16F7N2O3/c20-17(21)19(25,26)31-14-6-1-3-11(7-14)9-28(10-15(29)18(22,23)24)13-5-2-4-12(8-13)16(27)30/h1-8,15,17,27,29H,9-10H2. The van der Waals surface area contributed by atoms with Crippen LogP contribution in [0.5, 0.6) is 5.75 Å². The number of aliphatic hydroxyl groups excluding tert-OH is 1. The summed E-state index contributed by atoms with van der Waals surface area (Å²) >= 11 is 0. The second-order valence-corrected chi connectivity index (χ2v) is 6.43. The Morgan fingerprint density at radius 3 is 2.29 bits per heavy atom. The second kappa shape index (κ2) is 9.41. The highest BCUT2D eigenvalue weighted by Crippen LogP contribution is 2.29. The van der Waals surface area contributed by atoms with Crippen LogP contribution >= 0.6 is 0 Å². The van der Waals surface area contributed by atoms with E-state index in [0.29, 0.717) is 0 Å². The van der Waals surface area contributed by atoms with Crippen LogP contribution in [0.25, 0.3) is 0 Å². The van der Waals surface area contributed by atoms with Gasteiger partial charge in [0.05, 0.1) is 6.54 Å². The van der Waals surface area contributed by atoms with Crippen molar-refractivity contribution in [1.29, 1.82) is 0 Å². The molecule has 0 saturated heterocycles. The summed E-state index contributed by atoms with van der Waals surface area (Å²) in [5.74, 6) is -1.74. The van der Waals surface area contributed by atoms with Gasteiger partial charge in [-0.3, -0.25) is 10.5 Å². The Labute approximate surface area is 171 Å². The zero-order valence-corrected chi connectivity index (χ0v) is 15.5. The van der Waals surface area contributed by atoms with Crippen molar-refractivity contribution < 1.29 is 45.4 Å². The Morgan fingerprint density at radius 1 is 1.06 bits per heavy atom. The van der Waals surface area contributed by atoms with Crippen LogP contribution in [-0.4, -0.2) is 42.4 Å². The monoisotopic (exact) mass is 453 g/mol. The average Bonchev–Trinajstić information content (AvgIpc) is 2.66. The molecule has 2 N–H and O–H groups in total. The topological polar surface area (TPSA) is 73.6 Å². The molecule has 2 aromatic carbocycles. The van der Waals surface area contributed by atoms with E-state index in [1.807, 2.05) is 0 Å². The first-order valence-corrected chi connectivity index (χ1v) is 8.59. The third kappa shape index (κ3) is 6.74. The molecular weight excluding hydrogens is 437 g/mol. The van der Waals surface area contributed by atoms with Crippen LogP contribution in [0.4, 0.5) is 36.4 Å². The van der Waals surface area contributed by atoms with Gasteiger partial charge in [0, 0.05) is 17.8 Å². The van der Waals surface area contributed by atoms with E-state index in [1.54, 1.807) is 0 Å². The molecule has 0 saturated carbocycles. The fraction of sp³-hybridized carbons (Fsp3) is 0.316. The molecule has 1 radical (unpaired) electrons. The average molecular weight is 453 g/mol. The molecule has 0 aliphatic carbocycles.